The summed E-state index contributed by atoms with van der Waals surface area (Å²) in [6.45, 7) is 7.10. The van der Waals surface area contributed by atoms with E-state index in [1.54, 1.807) is 5.41 Å². The van der Waals surface area contributed by atoms with Crippen molar-refractivity contribution in [3.63, 3.8) is 0 Å². The number of nitrogens with zero attached hydrogens (tertiary/aromatic N) is 3. The maximum Gasteiger partial charge on any atom is 0.329 e. The van der Waals surface area contributed by atoms with E-state index in [2.05, 4.69) is 17.6 Å². The maximum absolute atomic E-state index is 13.1. The third-order valence-corrected chi connectivity index (χ3v) is 9.48. The molecule has 198 valence electrons. The average molecular weight is 526 g/mol. The van der Waals surface area contributed by atoms with E-state index in [9.17, 15) is 18.9 Å². The molecule has 0 aromatic heterocycles. The predicted molar refractivity (Wildman–Crippen MR) is 144 cm³/mol. The molecule has 1 saturated carbocycles. The van der Waals surface area contributed by atoms with Crippen LogP contribution in [0.2, 0.25) is 0 Å². The molecule has 2 saturated heterocycles. The van der Waals surface area contributed by atoms with Crippen LogP contribution in [0.5, 0.6) is 0 Å². The molecule has 9 nitrogen and oxygen atoms in total. The molecular formula is C27H35N5O4S. The third-order valence-electron chi connectivity index (χ3n) is 8.24. The molecule has 5 rings (SSSR count). The summed E-state index contributed by atoms with van der Waals surface area (Å²) in [5.41, 5.74) is 2.39. The molecule has 1 aliphatic carbocycles. The summed E-state index contributed by atoms with van der Waals surface area (Å²) in [6.07, 6.45) is 7.46. The fourth-order valence-corrected chi connectivity index (χ4v) is 6.75. The first-order valence-corrected chi connectivity index (χ1v) is 14.3. The van der Waals surface area contributed by atoms with Gasteiger partial charge in [0, 0.05) is 19.0 Å². The van der Waals surface area contributed by atoms with E-state index < -0.39 is 22.9 Å². The molecule has 2 N–H and O–H groups in total. The summed E-state index contributed by atoms with van der Waals surface area (Å²) < 4.78 is 14.9. The number of rotatable bonds is 5. The number of carbonyl (C=O) groups is 3. The van der Waals surface area contributed by atoms with E-state index in [4.69, 9.17) is 4.99 Å². The van der Waals surface area contributed by atoms with Gasteiger partial charge >= 0.3 is 6.03 Å². The van der Waals surface area contributed by atoms with Crippen molar-refractivity contribution in [1.29, 1.82) is 0 Å². The molecule has 4 amide bonds. The smallest absolute Gasteiger partial charge is 0.329 e. The lowest BCUT2D eigenvalue weighted by atomic mass is 9.82. The van der Waals surface area contributed by atoms with Gasteiger partial charge in [0.15, 0.2) is 0 Å². The van der Waals surface area contributed by atoms with Gasteiger partial charge in [-0.05, 0) is 80.3 Å². The van der Waals surface area contributed by atoms with Gasteiger partial charge in [0.2, 0.25) is 0 Å². The summed E-state index contributed by atoms with van der Waals surface area (Å²) in [7, 11) is 0. The van der Waals surface area contributed by atoms with Crippen LogP contribution in [0.1, 0.15) is 62.1 Å². The van der Waals surface area contributed by atoms with Gasteiger partial charge in [-0.3, -0.25) is 14.6 Å². The Kier molecular flexibility index (Phi) is 7.17. The molecule has 10 heteroatoms. The first-order valence-electron chi connectivity index (χ1n) is 13.1. The molecule has 3 fully saturated rings. The van der Waals surface area contributed by atoms with Crippen molar-refractivity contribution in [3.05, 3.63) is 34.2 Å². The number of aliphatic imine (C=N–C) groups is 1. The van der Waals surface area contributed by atoms with Crippen molar-refractivity contribution in [3.8, 4) is 0 Å². The Morgan fingerprint density at radius 2 is 1.78 bits per heavy atom. The monoisotopic (exact) mass is 525 g/mol. The van der Waals surface area contributed by atoms with Gasteiger partial charge in [-0.2, -0.15) is 0 Å². The number of aryl methyl sites for hydroxylation is 2. The highest BCUT2D eigenvalue weighted by molar-refractivity contribution is 7.92. The molecule has 37 heavy (non-hydrogen) atoms. The summed E-state index contributed by atoms with van der Waals surface area (Å²) in [5.74, 6) is 1.69. The van der Waals surface area contributed by atoms with Gasteiger partial charge in [0.05, 0.1) is 23.6 Å². The highest BCUT2D eigenvalue weighted by Crippen LogP contribution is 2.36. The molecule has 0 radical (unpaired) electrons. The number of amides is 4. The van der Waals surface area contributed by atoms with Crippen LogP contribution in [-0.2, 0) is 21.0 Å². The minimum absolute atomic E-state index is 0.00143. The average Bonchev–Trinajstić information content (AvgIpc) is 3.38. The second-order valence-corrected chi connectivity index (χ2v) is 12.2. The van der Waals surface area contributed by atoms with E-state index >= 15 is 0 Å². The number of hydrogen-bond donors (Lipinski definition) is 2. The van der Waals surface area contributed by atoms with Crippen LogP contribution in [0, 0.1) is 25.7 Å². The number of piperidine rings is 1. The third kappa shape index (κ3) is 5.06. The molecule has 3 aliphatic heterocycles. The number of carbonyl (C=O) groups excluding carboxylic acids is 3. The van der Waals surface area contributed by atoms with Crippen molar-refractivity contribution in [2.24, 2.45) is 16.8 Å². The van der Waals surface area contributed by atoms with E-state index in [-0.39, 0.29) is 18.4 Å². The van der Waals surface area contributed by atoms with Gasteiger partial charge in [-0.25, -0.2) is 9.69 Å². The van der Waals surface area contributed by atoms with Gasteiger partial charge < -0.3 is 15.2 Å². The van der Waals surface area contributed by atoms with Crippen molar-refractivity contribution in [1.82, 2.24) is 14.9 Å². The van der Waals surface area contributed by atoms with Crippen LogP contribution in [0.3, 0.4) is 0 Å². The molecule has 1 spiro atoms. The van der Waals surface area contributed by atoms with E-state index in [0.29, 0.717) is 37.5 Å². The van der Waals surface area contributed by atoms with E-state index in [1.165, 1.54) is 17.7 Å². The zero-order chi connectivity index (χ0) is 26.3. The molecule has 1 aromatic carbocycles. The number of benzene rings is 1. The van der Waals surface area contributed by atoms with Crippen LogP contribution in [-0.4, -0.2) is 57.7 Å². The quantitative estimate of drug-likeness (QED) is 0.452. The zero-order valence-corrected chi connectivity index (χ0v) is 22.5. The second kappa shape index (κ2) is 10.2. The van der Waals surface area contributed by atoms with Crippen molar-refractivity contribution < 1.29 is 18.9 Å². The van der Waals surface area contributed by atoms with Crippen LogP contribution in [0.15, 0.2) is 22.5 Å². The largest absolute Gasteiger partial charge is 0.593 e. The number of nitrogens with one attached hydrogen (secondary N) is 2. The lowest BCUT2D eigenvalue weighted by molar-refractivity contribution is -0.125. The molecule has 4 aliphatic rings. The second-order valence-electron chi connectivity index (χ2n) is 10.8. The Morgan fingerprint density at radius 3 is 2.43 bits per heavy atom. The van der Waals surface area contributed by atoms with Crippen molar-refractivity contribution in [2.75, 3.05) is 24.5 Å². The number of hydrogen-bond acceptors (Lipinski definition) is 6. The number of urea groups is 1. The van der Waals surface area contributed by atoms with Gasteiger partial charge in [-0.1, -0.05) is 19.8 Å². The van der Waals surface area contributed by atoms with Crippen LogP contribution >= 0.6 is 0 Å². The van der Waals surface area contributed by atoms with Crippen LogP contribution in [0.4, 0.5) is 10.5 Å². The van der Waals surface area contributed by atoms with Gasteiger partial charge in [0.1, 0.15) is 16.8 Å². The minimum Gasteiger partial charge on any atom is -0.593 e. The Bertz CT molecular complexity index is 1150. The summed E-state index contributed by atoms with van der Waals surface area (Å²) in [4.78, 5) is 43.1. The standard InChI is InChI=1S/C27H35N5O4S/c1-17-4-6-20(7-5-17)24-29-25(34)27(30-24)9-11-31(12-10-27)37(36)13-8-21-14-19(3)22(15-18(21)2)32-23(33)16-28-26(32)35/h8,13-15,17,20H,4-7,9-12,16H2,1-3H3,(H,28,35)(H,29,30,34)/b13-8+. The topological polar surface area (TPSA) is 117 Å². The molecule has 1 atom stereocenters. The first kappa shape index (κ1) is 25.9. The lowest BCUT2D eigenvalue weighted by Crippen LogP contribution is -2.50. The van der Waals surface area contributed by atoms with E-state index in [0.717, 1.165) is 41.3 Å². The zero-order valence-electron chi connectivity index (χ0n) is 21.7. The fourth-order valence-electron chi connectivity index (χ4n) is 5.77. The Labute approximate surface area is 221 Å². The molecular weight excluding hydrogens is 490 g/mol. The lowest BCUT2D eigenvalue weighted by Gasteiger charge is -2.34. The highest BCUT2D eigenvalue weighted by Gasteiger charge is 2.48. The van der Waals surface area contributed by atoms with Gasteiger partial charge in [-0.15, -0.1) is 4.31 Å². The Balaban J connectivity index is 1.22. The normalized spacial score (nSPS) is 27.1. The number of anilines is 1. The van der Waals surface area contributed by atoms with Crippen LogP contribution < -0.4 is 15.5 Å². The highest BCUT2D eigenvalue weighted by atomic mass is 32.2. The fraction of sp³-hybridized carbons (Fsp3) is 0.556. The van der Waals surface area contributed by atoms with E-state index in [1.807, 2.05) is 36.4 Å². The minimum atomic E-state index is -1.34. The molecule has 1 aromatic rings. The maximum atomic E-state index is 13.1. The molecule has 3 heterocycles. The van der Waals surface area contributed by atoms with Crippen LogP contribution in [0.25, 0.3) is 6.08 Å². The predicted octanol–water partition coefficient (Wildman–Crippen LogP) is 3.18. The van der Waals surface area contributed by atoms with Crippen molar-refractivity contribution >= 4 is 46.8 Å². The summed E-state index contributed by atoms with van der Waals surface area (Å²) in [5, 5.41) is 7.29. The summed E-state index contributed by atoms with van der Waals surface area (Å²) in [6, 6.07) is 3.29. The Morgan fingerprint density at radius 1 is 1.08 bits per heavy atom. The molecule has 0 bridgehead atoms. The number of amidine groups is 1. The summed E-state index contributed by atoms with van der Waals surface area (Å²) >= 11 is -1.34. The molecule has 1 unspecified atom stereocenters. The van der Waals surface area contributed by atoms with Gasteiger partial charge in [0.25, 0.3) is 11.8 Å². The number of imide groups is 1. The Hall–Kier alpha value is -2.69. The first-order chi connectivity index (χ1) is 17.7. The van der Waals surface area contributed by atoms with Crippen molar-refractivity contribution in [2.45, 2.75) is 64.8 Å². The SMILES string of the molecule is Cc1cc(N2C(=O)CNC2=O)c(C)cc1/C=C/[S+]([O-])N1CCC2(CC1)N=C(C1CCC(C)CC1)NC2=O.